The lowest BCUT2D eigenvalue weighted by Gasteiger charge is -2.28. The molecule has 0 saturated heterocycles. The Morgan fingerprint density at radius 1 is 1.47 bits per heavy atom. The largest absolute Gasteiger partial charge is 0.392 e. The highest BCUT2D eigenvalue weighted by Crippen LogP contribution is 2.24. The van der Waals surface area contributed by atoms with E-state index in [1.54, 1.807) is 6.20 Å². The zero-order chi connectivity index (χ0) is 13.8. The number of aromatic nitrogens is 1. The van der Waals surface area contributed by atoms with Gasteiger partial charge in [0.05, 0.1) is 17.1 Å². The molecule has 0 unspecified atom stereocenters. The van der Waals surface area contributed by atoms with E-state index >= 15 is 0 Å². The van der Waals surface area contributed by atoms with Crippen LogP contribution in [0.4, 0.5) is 0 Å². The normalized spacial score (nSPS) is 15.4. The van der Waals surface area contributed by atoms with Gasteiger partial charge in [0, 0.05) is 17.9 Å². The van der Waals surface area contributed by atoms with Crippen LogP contribution in [0, 0.1) is 6.92 Å². The number of rotatable bonds is 4. The Kier molecular flexibility index (Phi) is 4.47. The SMILES string of the molecule is Cc1ccc(C(=O)N(CC(N)=S)C2CCCC2)cn1. The van der Waals surface area contributed by atoms with Crippen molar-refractivity contribution in [3.8, 4) is 0 Å². The highest BCUT2D eigenvalue weighted by molar-refractivity contribution is 7.80. The Morgan fingerprint density at radius 3 is 2.68 bits per heavy atom. The van der Waals surface area contributed by atoms with Gasteiger partial charge < -0.3 is 10.6 Å². The number of hydrogen-bond donors (Lipinski definition) is 1. The fourth-order valence-corrected chi connectivity index (χ4v) is 2.65. The minimum Gasteiger partial charge on any atom is -0.392 e. The molecule has 19 heavy (non-hydrogen) atoms. The van der Waals surface area contributed by atoms with Crippen molar-refractivity contribution >= 4 is 23.1 Å². The molecule has 0 radical (unpaired) electrons. The first-order valence-electron chi connectivity index (χ1n) is 6.60. The third-order valence-corrected chi connectivity index (χ3v) is 3.64. The second-order valence-electron chi connectivity index (χ2n) is 5.03. The smallest absolute Gasteiger partial charge is 0.256 e. The van der Waals surface area contributed by atoms with E-state index in [1.165, 1.54) is 0 Å². The van der Waals surface area contributed by atoms with Crippen molar-refractivity contribution in [2.45, 2.75) is 38.6 Å². The van der Waals surface area contributed by atoms with E-state index in [1.807, 2.05) is 24.0 Å². The van der Waals surface area contributed by atoms with E-state index < -0.39 is 0 Å². The fraction of sp³-hybridized carbons (Fsp3) is 0.500. The quantitative estimate of drug-likeness (QED) is 0.856. The van der Waals surface area contributed by atoms with Gasteiger partial charge in [-0.15, -0.1) is 0 Å². The van der Waals surface area contributed by atoms with Crippen LogP contribution in [0.3, 0.4) is 0 Å². The van der Waals surface area contributed by atoms with Gasteiger partial charge in [-0.1, -0.05) is 25.1 Å². The second-order valence-corrected chi connectivity index (χ2v) is 5.55. The van der Waals surface area contributed by atoms with Crippen LogP contribution >= 0.6 is 12.2 Å². The predicted molar refractivity (Wildman–Crippen MR) is 79.1 cm³/mol. The minimum absolute atomic E-state index is 0.0211. The number of hydrogen-bond acceptors (Lipinski definition) is 3. The average molecular weight is 277 g/mol. The van der Waals surface area contributed by atoms with Crippen LogP contribution in [0.25, 0.3) is 0 Å². The maximum absolute atomic E-state index is 12.5. The Morgan fingerprint density at radius 2 is 2.16 bits per heavy atom. The topological polar surface area (TPSA) is 59.2 Å². The molecule has 102 valence electrons. The lowest BCUT2D eigenvalue weighted by atomic mass is 10.1. The Balaban J connectivity index is 2.18. The van der Waals surface area contributed by atoms with Gasteiger partial charge in [-0.05, 0) is 31.9 Å². The van der Waals surface area contributed by atoms with Crippen molar-refractivity contribution < 1.29 is 4.79 Å². The molecule has 1 heterocycles. The summed E-state index contributed by atoms with van der Waals surface area (Å²) >= 11 is 4.97. The van der Waals surface area contributed by atoms with Crippen LogP contribution in [-0.2, 0) is 0 Å². The van der Waals surface area contributed by atoms with E-state index in [9.17, 15) is 4.79 Å². The molecule has 1 amide bonds. The van der Waals surface area contributed by atoms with Gasteiger partial charge in [0.15, 0.2) is 0 Å². The first-order valence-corrected chi connectivity index (χ1v) is 7.00. The van der Waals surface area contributed by atoms with Gasteiger partial charge in [0.1, 0.15) is 0 Å². The first-order chi connectivity index (χ1) is 9.08. The average Bonchev–Trinajstić information content (AvgIpc) is 2.89. The third kappa shape index (κ3) is 3.50. The standard InChI is InChI=1S/C14H19N3OS/c1-10-6-7-11(8-16-10)14(18)17(9-13(15)19)12-4-2-3-5-12/h6-8,12H,2-5,9H2,1H3,(H2,15,19). The first kappa shape index (κ1) is 13.9. The van der Waals surface area contributed by atoms with Gasteiger partial charge in [0.25, 0.3) is 5.91 Å². The summed E-state index contributed by atoms with van der Waals surface area (Å²) in [5.41, 5.74) is 7.13. The molecule has 1 aliphatic rings. The van der Waals surface area contributed by atoms with E-state index in [4.69, 9.17) is 18.0 Å². The predicted octanol–water partition coefficient (Wildman–Crippen LogP) is 2.06. The van der Waals surface area contributed by atoms with Crippen LogP contribution in [-0.4, -0.2) is 33.4 Å². The molecule has 0 aromatic carbocycles. The molecule has 1 fully saturated rings. The minimum atomic E-state index is -0.0211. The summed E-state index contributed by atoms with van der Waals surface area (Å²) < 4.78 is 0. The van der Waals surface area contributed by atoms with Crippen LogP contribution in [0.5, 0.6) is 0 Å². The summed E-state index contributed by atoms with van der Waals surface area (Å²) in [5, 5.41) is 0. The summed E-state index contributed by atoms with van der Waals surface area (Å²) in [6.07, 6.45) is 6.02. The van der Waals surface area contributed by atoms with Crippen LogP contribution < -0.4 is 5.73 Å². The molecule has 1 aromatic heterocycles. The van der Waals surface area contributed by atoms with Gasteiger partial charge >= 0.3 is 0 Å². The summed E-state index contributed by atoms with van der Waals surface area (Å²) in [6.45, 7) is 2.25. The number of pyridine rings is 1. The van der Waals surface area contributed by atoms with Crippen molar-refractivity contribution in [2.24, 2.45) is 5.73 Å². The second kappa shape index (κ2) is 6.10. The van der Waals surface area contributed by atoms with E-state index in [0.717, 1.165) is 31.4 Å². The van der Waals surface area contributed by atoms with Crippen LogP contribution in [0.1, 0.15) is 41.7 Å². The molecular weight excluding hydrogens is 258 g/mol. The molecule has 2 rings (SSSR count). The molecule has 0 bridgehead atoms. The van der Waals surface area contributed by atoms with Crippen molar-refractivity contribution in [3.05, 3.63) is 29.6 Å². The number of carbonyl (C=O) groups is 1. The zero-order valence-electron chi connectivity index (χ0n) is 11.1. The monoisotopic (exact) mass is 277 g/mol. The van der Waals surface area contributed by atoms with Gasteiger partial charge in [0.2, 0.25) is 0 Å². The van der Waals surface area contributed by atoms with Crippen molar-refractivity contribution in [1.29, 1.82) is 0 Å². The van der Waals surface area contributed by atoms with Crippen molar-refractivity contribution in [2.75, 3.05) is 6.54 Å². The molecule has 4 nitrogen and oxygen atoms in total. The maximum Gasteiger partial charge on any atom is 0.256 e. The highest BCUT2D eigenvalue weighted by Gasteiger charge is 2.27. The van der Waals surface area contributed by atoms with E-state index in [0.29, 0.717) is 17.1 Å². The number of thiocarbonyl (C=S) groups is 1. The number of nitrogens with zero attached hydrogens (tertiary/aromatic N) is 2. The lowest BCUT2D eigenvalue weighted by Crippen LogP contribution is -2.43. The van der Waals surface area contributed by atoms with Crippen LogP contribution in [0.15, 0.2) is 18.3 Å². The molecule has 1 saturated carbocycles. The molecule has 2 N–H and O–H groups in total. The number of amides is 1. The zero-order valence-corrected chi connectivity index (χ0v) is 11.9. The third-order valence-electron chi connectivity index (χ3n) is 3.51. The molecule has 5 heteroatoms. The number of carbonyl (C=O) groups excluding carboxylic acids is 1. The Bertz CT molecular complexity index is 466. The molecular formula is C14H19N3OS. The van der Waals surface area contributed by atoms with E-state index in [-0.39, 0.29) is 11.9 Å². The maximum atomic E-state index is 12.5. The van der Waals surface area contributed by atoms with Crippen molar-refractivity contribution in [1.82, 2.24) is 9.88 Å². The molecule has 0 spiro atoms. The Labute approximate surface area is 119 Å². The van der Waals surface area contributed by atoms with Crippen molar-refractivity contribution in [3.63, 3.8) is 0 Å². The lowest BCUT2D eigenvalue weighted by molar-refractivity contribution is 0.0714. The number of nitrogens with two attached hydrogens (primary N) is 1. The Hall–Kier alpha value is -1.49. The number of aryl methyl sites for hydroxylation is 1. The van der Waals surface area contributed by atoms with E-state index in [2.05, 4.69) is 4.98 Å². The van der Waals surface area contributed by atoms with Crippen LogP contribution in [0.2, 0.25) is 0 Å². The molecule has 1 aliphatic carbocycles. The summed E-state index contributed by atoms with van der Waals surface area (Å²) in [6, 6.07) is 3.92. The highest BCUT2D eigenvalue weighted by atomic mass is 32.1. The fourth-order valence-electron chi connectivity index (χ4n) is 2.51. The molecule has 1 aromatic rings. The summed E-state index contributed by atoms with van der Waals surface area (Å²) in [5.74, 6) is -0.0211. The van der Waals surface area contributed by atoms with Gasteiger partial charge in [-0.3, -0.25) is 9.78 Å². The molecule has 0 aliphatic heterocycles. The summed E-state index contributed by atoms with van der Waals surface area (Å²) in [7, 11) is 0. The van der Waals surface area contributed by atoms with Gasteiger partial charge in [-0.25, -0.2) is 0 Å². The summed E-state index contributed by atoms with van der Waals surface area (Å²) in [4.78, 5) is 18.9. The molecule has 0 atom stereocenters. The van der Waals surface area contributed by atoms with Gasteiger partial charge in [-0.2, -0.15) is 0 Å².